The summed E-state index contributed by atoms with van der Waals surface area (Å²) in [5.41, 5.74) is 0.632. The number of imidazole rings is 1. The normalized spacial score (nSPS) is 10.8. The van der Waals surface area contributed by atoms with Crippen molar-refractivity contribution in [3.8, 4) is 17.6 Å². The molecule has 0 fully saturated rings. The van der Waals surface area contributed by atoms with Crippen LogP contribution in [0.1, 0.15) is 11.3 Å². The van der Waals surface area contributed by atoms with Crippen LogP contribution in [0.3, 0.4) is 0 Å². The number of aromatic hydroxyl groups is 1. The van der Waals surface area contributed by atoms with E-state index in [9.17, 15) is 20.3 Å². The average molecular weight is 295 g/mol. The predicted octanol–water partition coefficient (Wildman–Crippen LogP) is 1.40. The minimum Gasteiger partial charge on any atom is -0.493 e. The highest BCUT2D eigenvalue weighted by atomic mass is 16.3. The Kier molecular flexibility index (Phi) is 3.20. The Bertz CT molecular complexity index is 977. The van der Waals surface area contributed by atoms with Crippen molar-refractivity contribution in [1.29, 1.82) is 5.26 Å². The van der Waals surface area contributed by atoms with E-state index >= 15 is 0 Å². The van der Waals surface area contributed by atoms with E-state index in [2.05, 4.69) is 6.07 Å². The number of aliphatic hydroxyl groups excluding tert-OH is 1. The monoisotopic (exact) mass is 295 g/mol. The van der Waals surface area contributed by atoms with E-state index in [-0.39, 0.29) is 11.6 Å². The lowest BCUT2D eigenvalue weighted by Gasteiger charge is -2.09. The number of nitriles is 1. The van der Waals surface area contributed by atoms with Gasteiger partial charge in [-0.25, -0.2) is 9.36 Å². The van der Waals surface area contributed by atoms with Crippen molar-refractivity contribution < 1.29 is 10.2 Å². The summed E-state index contributed by atoms with van der Waals surface area (Å²) < 4.78 is 2.33. The van der Waals surface area contributed by atoms with Crippen LogP contribution in [-0.4, -0.2) is 19.3 Å². The number of nitrogens with zero attached hydrogens (tertiary/aromatic N) is 3. The van der Waals surface area contributed by atoms with Crippen LogP contribution in [-0.2, 0) is 13.7 Å². The van der Waals surface area contributed by atoms with Gasteiger partial charge in [0, 0.05) is 17.8 Å². The molecule has 0 bridgehead atoms. The first-order valence-electron chi connectivity index (χ1n) is 6.62. The van der Waals surface area contributed by atoms with Crippen LogP contribution in [0.15, 0.2) is 41.2 Å². The Hall–Kier alpha value is -3.04. The van der Waals surface area contributed by atoms with Crippen molar-refractivity contribution in [3.63, 3.8) is 0 Å². The lowest BCUT2D eigenvalue weighted by atomic mass is 10.0. The van der Waals surface area contributed by atoms with Gasteiger partial charge in [-0.2, -0.15) is 5.26 Å². The summed E-state index contributed by atoms with van der Waals surface area (Å²) in [4.78, 5) is 12.4. The van der Waals surface area contributed by atoms with E-state index in [1.54, 1.807) is 36.4 Å². The van der Waals surface area contributed by atoms with Gasteiger partial charge in [0.25, 0.3) is 0 Å². The van der Waals surface area contributed by atoms with Gasteiger partial charge < -0.3 is 10.2 Å². The number of benzene rings is 2. The molecule has 0 unspecified atom stereocenters. The Labute approximate surface area is 125 Å². The number of aromatic nitrogens is 2. The Balaban J connectivity index is 2.44. The maximum Gasteiger partial charge on any atom is 0.335 e. The van der Waals surface area contributed by atoms with Gasteiger partial charge in [0.1, 0.15) is 5.69 Å². The van der Waals surface area contributed by atoms with Crippen molar-refractivity contribution in [3.05, 3.63) is 58.1 Å². The smallest absolute Gasteiger partial charge is 0.335 e. The maximum absolute atomic E-state index is 12.4. The third kappa shape index (κ3) is 1.80. The molecule has 3 rings (SSSR count). The van der Waals surface area contributed by atoms with Crippen LogP contribution >= 0.6 is 0 Å². The molecule has 110 valence electrons. The lowest BCUT2D eigenvalue weighted by molar-refractivity contribution is 0.265. The zero-order chi connectivity index (χ0) is 15.9. The summed E-state index contributed by atoms with van der Waals surface area (Å²) in [6.07, 6.45) is 0. The van der Waals surface area contributed by atoms with Gasteiger partial charge in [-0.15, -0.1) is 0 Å². The van der Waals surface area contributed by atoms with Crippen LogP contribution in [0.5, 0.6) is 5.88 Å². The minimum absolute atomic E-state index is 0.137. The maximum atomic E-state index is 12.4. The Morgan fingerprint density at radius 2 is 1.86 bits per heavy atom. The first-order chi connectivity index (χ1) is 10.6. The summed E-state index contributed by atoms with van der Waals surface area (Å²) in [7, 11) is 1.48. The summed E-state index contributed by atoms with van der Waals surface area (Å²) in [6.45, 7) is -0.446. The minimum atomic E-state index is -0.462. The number of fused-ring (bicyclic) bond motifs is 1. The van der Waals surface area contributed by atoms with Crippen molar-refractivity contribution in [1.82, 2.24) is 9.13 Å². The zero-order valence-corrected chi connectivity index (χ0v) is 11.8. The second kappa shape index (κ2) is 5.06. The van der Waals surface area contributed by atoms with Crippen molar-refractivity contribution in [2.24, 2.45) is 7.05 Å². The SMILES string of the molecule is Cn1c(CO)c(O)n(-c2ccc(C#N)c3ccccc23)c1=O. The fourth-order valence-corrected chi connectivity index (χ4v) is 2.60. The summed E-state index contributed by atoms with van der Waals surface area (Å²) >= 11 is 0. The molecular weight excluding hydrogens is 282 g/mol. The molecule has 0 aliphatic heterocycles. The van der Waals surface area contributed by atoms with E-state index in [0.717, 1.165) is 4.57 Å². The summed E-state index contributed by atoms with van der Waals surface area (Å²) in [5.74, 6) is -0.301. The van der Waals surface area contributed by atoms with E-state index < -0.39 is 12.3 Å². The molecule has 1 aromatic heterocycles. The van der Waals surface area contributed by atoms with Gasteiger partial charge in [0.2, 0.25) is 5.88 Å². The van der Waals surface area contributed by atoms with E-state index in [1.807, 2.05) is 0 Å². The van der Waals surface area contributed by atoms with E-state index in [1.165, 1.54) is 11.6 Å². The molecule has 0 aliphatic rings. The first kappa shape index (κ1) is 13.9. The number of hydrogen-bond donors (Lipinski definition) is 2. The molecule has 6 heteroatoms. The topological polar surface area (TPSA) is 91.2 Å². The highest BCUT2D eigenvalue weighted by molar-refractivity contribution is 5.94. The number of hydrogen-bond acceptors (Lipinski definition) is 4. The Morgan fingerprint density at radius 1 is 1.18 bits per heavy atom. The number of aliphatic hydroxyl groups is 1. The largest absolute Gasteiger partial charge is 0.493 e. The molecule has 3 aromatic rings. The van der Waals surface area contributed by atoms with Gasteiger partial charge in [-0.1, -0.05) is 24.3 Å². The zero-order valence-electron chi connectivity index (χ0n) is 11.8. The molecule has 0 aliphatic carbocycles. The van der Waals surface area contributed by atoms with E-state index in [4.69, 9.17) is 0 Å². The molecule has 2 aromatic carbocycles. The van der Waals surface area contributed by atoms with Crippen LogP contribution in [0.4, 0.5) is 0 Å². The van der Waals surface area contributed by atoms with Gasteiger partial charge in [0.05, 0.1) is 23.9 Å². The van der Waals surface area contributed by atoms with Crippen molar-refractivity contribution in [2.45, 2.75) is 6.61 Å². The number of rotatable bonds is 2. The summed E-state index contributed by atoms with van der Waals surface area (Å²) in [6, 6.07) is 12.5. The molecular formula is C16H13N3O3. The third-order valence-corrected chi connectivity index (χ3v) is 3.77. The fraction of sp³-hybridized carbons (Fsp3) is 0.125. The molecule has 0 radical (unpaired) electrons. The van der Waals surface area contributed by atoms with Gasteiger partial charge >= 0.3 is 5.69 Å². The highest BCUT2D eigenvalue weighted by Crippen LogP contribution is 2.28. The second-order valence-electron chi connectivity index (χ2n) is 4.90. The van der Waals surface area contributed by atoms with Crippen LogP contribution in [0.2, 0.25) is 0 Å². The quantitative estimate of drug-likeness (QED) is 0.747. The standard InChI is InChI=1S/C16H13N3O3/c1-18-14(9-20)15(21)19(16(18)22)13-7-6-10(8-17)11-4-2-3-5-12(11)13/h2-7,20-21H,9H2,1H3. The lowest BCUT2D eigenvalue weighted by Crippen LogP contribution is -2.21. The molecule has 0 spiro atoms. The van der Waals surface area contributed by atoms with Gasteiger partial charge in [0.15, 0.2) is 0 Å². The fourth-order valence-electron chi connectivity index (χ4n) is 2.60. The van der Waals surface area contributed by atoms with Crippen LogP contribution < -0.4 is 5.69 Å². The second-order valence-corrected chi connectivity index (χ2v) is 4.90. The average Bonchev–Trinajstić information content (AvgIpc) is 2.76. The molecule has 0 saturated carbocycles. The van der Waals surface area contributed by atoms with E-state index in [0.29, 0.717) is 22.0 Å². The molecule has 2 N–H and O–H groups in total. The van der Waals surface area contributed by atoms with Crippen molar-refractivity contribution in [2.75, 3.05) is 0 Å². The molecule has 0 saturated heterocycles. The molecule has 22 heavy (non-hydrogen) atoms. The molecule has 6 nitrogen and oxygen atoms in total. The Morgan fingerprint density at radius 3 is 2.45 bits per heavy atom. The van der Waals surface area contributed by atoms with Crippen molar-refractivity contribution >= 4 is 10.8 Å². The highest BCUT2D eigenvalue weighted by Gasteiger charge is 2.19. The third-order valence-electron chi connectivity index (χ3n) is 3.77. The van der Waals surface area contributed by atoms with Crippen LogP contribution in [0, 0.1) is 11.3 Å². The van der Waals surface area contributed by atoms with Gasteiger partial charge in [-0.3, -0.25) is 4.57 Å². The molecule has 0 amide bonds. The molecule has 1 heterocycles. The molecule has 0 atom stereocenters. The summed E-state index contributed by atoms with van der Waals surface area (Å²) in [5, 5.41) is 30.1. The van der Waals surface area contributed by atoms with Gasteiger partial charge in [-0.05, 0) is 12.1 Å². The predicted molar refractivity (Wildman–Crippen MR) is 80.8 cm³/mol. The first-order valence-corrected chi connectivity index (χ1v) is 6.62. The van der Waals surface area contributed by atoms with Crippen LogP contribution in [0.25, 0.3) is 16.5 Å².